The number of hydrogen-bond acceptors (Lipinski definition) is 0. The minimum absolute atomic E-state index is 0. The number of halogens is 1. The molecular weight excluding hydrogens is 271 g/mol. The van der Waals surface area contributed by atoms with Crippen LogP contribution in [0, 0.1) is 12.2 Å². The second-order valence-electron chi connectivity index (χ2n) is 2.93. The maximum Gasteiger partial charge on any atom is 2.00 e. The first-order valence-electron chi connectivity index (χ1n) is 4.27. The first-order chi connectivity index (χ1) is 5.79. The van der Waals surface area contributed by atoms with Crippen LogP contribution in [-0.4, -0.2) is 0 Å². The average Bonchev–Trinajstić information content (AvgIpc) is 2.63. The Morgan fingerprint density at radius 1 is 1.00 bits per heavy atom. The van der Waals surface area contributed by atoms with Gasteiger partial charge >= 0.3 is 26.2 Å². The summed E-state index contributed by atoms with van der Waals surface area (Å²) in [6.07, 6.45) is 16.7. The van der Waals surface area contributed by atoms with E-state index in [0.717, 1.165) is 12.8 Å². The third-order valence-corrected chi connectivity index (χ3v) is 1.73. The fourth-order valence-corrected chi connectivity index (χ4v) is 1.03. The van der Waals surface area contributed by atoms with E-state index in [-0.39, 0.29) is 40.0 Å². The normalized spacial score (nSPS) is 15.9. The molecule has 14 heavy (non-hydrogen) atoms. The maximum absolute atomic E-state index is 3.12. The first kappa shape index (κ1) is 16.6. The van der Waals surface area contributed by atoms with Gasteiger partial charge in [-0.2, -0.15) is 12.2 Å². The van der Waals surface area contributed by atoms with Crippen molar-refractivity contribution in [3.63, 3.8) is 0 Å². The van der Waals surface area contributed by atoms with Crippen molar-refractivity contribution in [3.05, 3.63) is 47.6 Å². The molecule has 0 aromatic carbocycles. The van der Waals surface area contributed by atoms with Crippen LogP contribution >= 0.6 is 0 Å². The SMILES string of the molecule is CC1=[C-]CC=C1.CC1=[C-]CC=C1.[Cl-].[H-].[Zr+2]. The Morgan fingerprint density at radius 2 is 1.36 bits per heavy atom. The summed E-state index contributed by atoms with van der Waals surface area (Å²) < 4.78 is 0. The quantitative estimate of drug-likeness (QED) is 0.569. The first-order valence-corrected chi connectivity index (χ1v) is 4.27. The van der Waals surface area contributed by atoms with Crippen LogP contribution in [0.3, 0.4) is 0 Å². The zero-order valence-electron chi connectivity index (χ0n) is 9.60. The van der Waals surface area contributed by atoms with Crippen LogP contribution in [0.4, 0.5) is 0 Å². The molecular formula is C12H15ClZr-2. The molecule has 0 aromatic heterocycles. The molecule has 0 saturated carbocycles. The van der Waals surface area contributed by atoms with E-state index in [9.17, 15) is 0 Å². The minimum Gasteiger partial charge on any atom is -1.00 e. The molecule has 2 aliphatic carbocycles. The van der Waals surface area contributed by atoms with Gasteiger partial charge in [0.15, 0.2) is 0 Å². The Hall–Kier alpha value is 0.133. The molecule has 76 valence electrons. The molecule has 0 atom stereocenters. The molecule has 0 nitrogen and oxygen atoms in total. The molecule has 0 amide bonds. The summed E-state index contributed by atoms with van der Waals surface area (Å²) in [6, 6.07) is 0. The van der Waals surface area contributed by atoms with E-state index in [1.54, 1.807) is 0 Å². The molecule has 0 saturated heterocycles. The fraction of sp³-hybridized carbons (Fsp3) is 0.333. The van der Waals surface area contributed by atoms with Crippen molar-refractivity contribution in [2.75, 3.05) is 0 Å². The summed E-state index contributed by atoms with van der Waals surface area (Å²) in [7, 11) is 0. The van der Waals surface area contributed by atoms with Crippen molar-refractivity contribution in [3.8, 4) is 0 Å². The van der Waals surface area contributed by atoms with Crippen LogP contribution < -0.4 is 12.4 Å². The predicted octanol–water partition coefficient (Wildman–Crippen LogP) is 0.506. The van der Waals surface area contributed by atoms with Gasteiger partial charge in [-0.3, -0.25) is 12.2 Å². The third-order valence-electron chi connectivity index (χ3n) is 1.73. The Kier molecular flexibility index (Phi) is 11.4. The summed E-state index contributed by atoms with van der Waals surface area (Å²) in [5.74, 6) is 0. The Labute approximate surface area is 114 Å². The monoisotopic (exact) mass is 284 g/mol. The van der Waals surface area contributed by atoms with Gasteiger partial charge in [0.2, 0.25) is 0 Å². The Balaban J connectivity index is -0.000000160. The molecule has 0 heterocycles. The van der Waals surface area contributed by atoms with Crippen molar-refractivity contribution < 1.29 is 40.0 Å². The molecule has 0 radical (unpaired) electrons. The molecule has 2 aliphatic rings. The van der Waals surface area contributed by atoms with Gasteiger partial charge in [-0.25, -0.2) is 23.3 Å². The van der Waals surface area contributed by atoms with E-state index in [1.165, 1.54) is 11.1 Å². The van der Waals surface area contributed by atoms with Gasteiger partial charge in [0, 0.05) is 0 Å². The summed E-state index contributed by atoms with van der Waals surface area (Å²) >= 11 is 0. The number of hydrogen-bond donors (Lipinski definition) is 0. The smallest absolute Gasteiger partial charge is 1.00 e. The molecule has 0 unspecified atom stereocenters. The molecule has 0 aliphatic heterocycles. The summed E-state index contributed by atoms with van der Waals surface area (Å²) in [5.41, 5.74) is 2.55. The van der Waals surface area contributed by atoms with E-state index < -0.39 is 0 Å². The molecule has 0 N–H and O–H groups in total. The van der Waals surface area contributed by atoms with Crippen LogP contribution in [-0.2, 0) is 26.2 Å². The second kappa shape index (κ2) is 9.68. The van der Waals surface area contributed by atoms with Crippen molar-refractivity contribution >= 4 is 0 Å². The minimum atomic E-state index is 0. The van der Waals surface area contributed by atoms with Crippen molar-refractivity contribution in [2.24, 2.45) is 0 Å². The molecule has 0 fully saturated rings. The molecule has 2 heteroatoms. The van der Waals surface area contributed by atoms with Crippen LogP contribution in [0.1, 0.15) is 28.1 Å². The van der Waals surface area contributed by atoms with Crippen LogP contribution in [0.25, 0.3) is 0 Å². The molecule has 0 spiro atoms. The largest absolute Gasteiger partial charge is 2.00 e. The van der Waals surface area contributed by atoms with Gasteiger partial charge in [-0.15, -0.1) is 12.8 Å². The Morgan fingerprint density at radius 3 is 1.43 bits per heavy atom. The number of allylic oxidation sites excluding steroid dienone is 8. The topological polar surface area (TPSA) is 0 Å². The maximum atomic E-state index is 3.12. The summed E-state index contributed by atoms with van der Waals surface area (Å²) in [4.78, 5) is 0. The van der Waals surface area contributed by atoms with Crippen molar-refractivity contribution in [2.45, 2.75) is 26.7 Å². The van der Waals surface area contributed by atoms with Crippen LogP contribution in [0.15, 0.2) is 35.5 Å². The zero-order chi connectivity index (χ0) is 8.81. The zero-order valence-corrected chi connectivity index (χ0v) is 11.8. The van der Waals surface area contributed by atoms with E-state index >= 15 is 0 Å². The van der Waals surface area contributed by atoms with Crippen LogP contribution in [0.5, 0.6) is 0 Å². The van der Waals surface area contributed by atoms with E-state index in [0.29, 0.717) is 0 Å². The molecule has 0 aromatic rings. The molecule has 2 rings (SSSR count). The van der Waals surface area contributed by atoms with Gasteiger partial charge in [-0.1, -0.05) is 13.8 Å². The average molecular weight is 286 g/mol. The standard InChI is InChI=1S/2C6H7.ClH.Zr.H/c2*1-6-4-2-3-5-6;;;/h2*2,4H,3H2,1H3;1H;;/q2*-1;;+2;-1/p-1. The van der Waals surface area contributed by atoms with Crippen LogP contribution in [0.2, 0.25) is 0 Å². The third kappa shape index (κ3) is 7.53. The van der Waals surface area contributed by atoms with E-state index in [1.807, 2.05) is 0 Å². The molecule has 0 bridgehead atoms. The summed E-state index contributed by atoms with van der Waals surface area (Å²) in [6.45, 7) is 4.12. The number of rotatable bonds is 0. The van der Waals surface area contributed by atoms with Gasteiger partial charge in [0.25, 0.3) is 0 Å². The van der Waals surface area contributed by atoms with Gasteiger partial charge in [-0.05, 0) is 0 Å². The predicted molar refractivity (Wildman–Crippen MR) is 53.5 cm³/mol. The summed E-state index contributed by atoms with van der Waals surface area (Å²) in [5, 5.41) is 0. The van der Waals surface area contributed by atoms with Crippen molar-refractivity contribution in [1.29, 1.82) is 0 Å². The van der Waals surface area contributed by atoms with Gasteiger partial charge in [0.1, 0.15) is 0 Å². The Bertz CT molecular complexity index is 231. The van der Waals surface area contributed by atoms with Gasteiger partial charge < -0.3 is 13.8 Å². The second-order valence-corrected chi connectivity index (χ2v) is 2.93. The van der Waals surface area contributed by atoms with E-state index in [4.69, 9.17) is 0 Å². The van der Waals surface area contributed by atoms with Crippen molar-refractivity contribution in [1.82, 2.24) is 0 Å². The van der Waals surface area contributed by atoms with Gasteiger partial charge in [0.05, 0.1) is 0 Å². The van der Waals surface area contributed by atoms with E-state index in [2.05, 4.69) is 50.3 Å². The fourth-order valence-electron chi connectivity index (χ4n) is 1.03.